The molecule has 2 aromatic rings. The molecule has 2 rings (SSSR count). The van der Waals surface area contributed by atoms with Crippen LogP contribution in [0, 0.1) is 0 Å². The van der Waals surface area contributed by atoms with E-state index in [4.69, 9.17) is 21.1 Å². The zero-order valence-electron chi connectivity index (χ0n) is 13.8. The van der Waals surface area contributed by atoms with Crippen LogP contribution in [-0.4, -0.2) is 24.9 Å². The molecule has 0 saturated heterocycles. The highest BCUT2D eigenvalue weighted by Gasteiger charge is 2.17. The Balaban J connectivity index is 2.21. The lowest BCUT2D eigenvalue weighted by molar-refractivity contribution is -0.00350. The van der Waals surface area contributed by atoms with E-state index in [0.717, 1.165) is 28.9 Å². The van der Waals surface area contributed by atoms with Crippen molar-refractivity contribution >= 4 is 11.6 Å². The van der Waals surface area contributed by atoms with Crippen LogP contribution >= 0.6 is 11.6 Å². The van der Waals surface area contributed by atoms with Gasteiger partial charge >= 0.3 is 0 Å². The topological polar surface area (TPSA) is 38.7 Å². The second kappa shape index (κ2) is 8.34. The van der Waals surface area contributed by atoms with Gasteiger partial charge in [0.25, 0.3) is 0 Å². The summed E-state index contributed by atoms with van der Waals surface area (Å²) in [6.07, 6.45) is -0.221. The Hall–Kier alpha value is -1.55. The van der Waals surface area contributed by atoms with Crippen LogP contribution < -0.4 is 4.74 Å². The van der Waals surface area contributed by atoms with E-state index in [0.29, 0.717) is 11.6 Å². The summed E-state index contributed by atoms with van der Waals surface area (Å²) in [6.45, 7) is 4.34. The number of aliphatic hydroxyl groups excluding tert-OH is 1. The fraction of sp³-hybridized carbons (Fsp3) is 0.368. The lowest BCUT2D eigenvalue weighted by atomic mass is 9.98. The first-order chi connectivity index (χ1) is 11.0. The van der Waals surface area contributed by atoms with Gasteiger partial charge in [0.05, 0.1) is 12.7 Å². The van der Waals surface area contributed by atoms with Crippen molar-refractivity contribution in [2.75, 3.05) is 13.7 Å². The number of hydrogen-bond donors (Lipinski definition) is 1. The molecule has 0 aliphatic carbocycles. The molecule has 0 aliphatic rings. The van der Waals surface area contributed by atoms with E-state index in [2.05, 4.69) is 0 Å². The third-order valence-corrected chi connectivity index (χ3v) is 4.09. The maximum absolute atomic E-state index is 9.82. The van der Waals surface area contributed by atoms with Crippen LogP contribution in [0.4, 0.5) is 0 Å². The second-order valence-corrected chi connectivity index (χ2v) is 5.91. The summed E-state index contributed by atoms with van der Waals surface area (Å²) in [5, 5.41) is 10.5. The van der Waals surface area contributed by atoms with Crippen LogP contribution in [0.15, 0.2) is 42.5 Å². The first-order valence-electron chi connectivity index (χ1n) is 7.76. The van der Waals surface area contributed by atoms with Gasteiger partial charge in [-0.2, -0.15) is 0 Å². The van der Waals surface area contributed by atoms with Crippen LogP contribution in [0.3, 0.4) is 0 Å². The molecule has 0 amide bonds. The van der Waals surface area contributed by atoms with Gasteiger partial charge in [-0.15, -0.1) is 0 Å². The number of benzene rings is 2. The highest BCUT2D eigenvalue weighted by molar-refractivity contribution is 6.31. The predicted octanol–water partition coefficient (Wildman–Crippen LogP) is 4.40. The molecule has 2 atom stereocenters. The summed E-state index contributed by atoms with van der Waals surface area (Å²) < 4.78 is 10.8. The Morgan fingerprint density at radius 1 is 1.13 bits per heavy atom. The Labute approximate surface area is 142 Å². The van der Waals surface area contributed by atoms with Gasteiger partial charge in [0.15, 0.2) is 0 Å². The quantitative estimate of drug-likeness (QED) is 0.815. The number of halogens is 1. The molecule has 0 aliphatic heterocycles. The fourth-order valence-corrected chi connectivity index (χ4v) is 2.79. The molecule has 2 aromatic carbocycles. The maximum atomic E-state index is 9.82. The summed E-state index contributed by atoms with van der Waals surface area (Å²) in [5.41, 5.74) is 3.09. The molecule has 23 heavy (non-hydrogen) atoms. The lowest BCUT2D eigenvalue weighted by Crippen LogP contribution is -2.16. The number of methoxy groups -OCH3 is 1. The molecule has 0 aromatic heterocycles. The van der Waals surface area contributed by atoms with Crippen molar-refractivity contribution in [2.24, 2.45) is 0 Å². The minimum absolute atomic E-state index is 0.355. The van der Waals surface area contributed by atoms with Gasteiger partial charge in [-0.3, -0.25) is 0 Å². The third kappa shape index (κ3) is 4.71. The molecular weight excluding hydrogens is 312 g/mol. The molecule has 1 N–H and O–H groups in total. The van der Waals surface area contributed by atoms with E-state index < -0.39 is 6.10 Å². The van der Waals surface area contributed by atoms with E-state index in [1.165, 1.54) is 0 Å². The molecule has 0 spiro atoms. The van der Waals surface area contributed by atoms with Gasteiger partial charge in [0, 0.05) is 12.1 Å². The van der Waals surface area contributed by atoms with Crippen molar-refractivity contribution < 1.29 is 14.6 Å². The molecule has 4 heteroatoms. The molecule has 0 radical (unpaired) electrons. The predicted molar refractivity (Wildman–Crippen MR) is 93.3 cm³/mol. The van der Waals surface area contributed by atoms with Crippen LogP contribution in [0.1, 0.15) is 36.6 Å². The van der Waals surface area contributed by atoms with Crippen molar-refractivity contribution in [3.05, 3.63) is 64.2 Å². The number of rotatable bonds is 7. The summed E-state index contributed by atoms with van der Waals surface area (Å²) in [7, 11) is 1.60. The third-order valence-electron chi connectivity index (χ3n) is 3.72. The van der Waals surface area contributed by atoms with Crippen molar-refractivity contribution in [3.63, 3.8) is 0 Å². The highest BCUT2D eigenvalue weighted by Crippen LogP contribution is 2.27. The second-order valence-electron chi connectivity index (χ2n) is 5.50. The summed E-state index contributed by atoms with van der Waals surface area (Å²) in [5.74, 6) is 0.865. The minimum atomic E-state index is -0.584. The Kier molecular flexibility index (Phi) is 6.46. The van der Waals surface area contributed by atoms with Gasteiger partial charge in [-0.25, -0.2) is 0 Å². The molecule has 3 nitrogen and oxygen atoms in total. The van der Waals surface area contributed by atoms with E-state index >= 15 is 0 Å². The van der Waals surface area contributed by atoms with Crippen LogP contribution in [0.5, 0.6) is 5.75 Å². The zero-order valence-corrected chi connectivity index (χ0v) is 14.5. The average Bonchev–Trinajstić information content (AvgIpc) is 2.53. The van der Waals surface area contributed by atoms with Gasteiger partial charge in [-0.1, -0.05) is 35.9 Å². The van der Waals surface area contributed by atoms with Crippen LogP contribution in [0.2, 0.25) is 5.02 Å². The standard InChI is InChI=1S/C19H23ClO3/c1-4-23-17-8-5-14(6-9-17)11-16-12-15(7-10-18(16)20)19(22-3)13(2)21/h5-10,12-13,19,21H,4,11H2,1-3H3/t13-,19-/m1/s1. The van der Waals surface area contributed by atoms with Gasteiger partial charge in [-0.05, 0) is 55.2 Å². The molecule has 124 valence electrons. The smallest absolute Gasteiger partial charge is 0.119 e. The maximum Gasteiger partial charge on any atom is 0.119 e. The van der Waals surface area contributed by atoms with E-state index in [-0.39, 0.29) is 6.10 Å². The van der Waals surface area contributed by atoms with E-state index in [1.807, 2.05) is 49.4 Å². The van der Waals surface area contributed by atoms with E-state index in [9.17, 15) is 5.11 Å². The molecule has 0 unspecified atom stereocenters. The van der Waals surface area contributed by atoms with Crippen LogP contribution in [-0.2, 0) is 11.2 Å². The average molecular weight is 335 g/mol. The van der Waals surface area contributed by atoms with Crippen molar-refractivity contribution in [3.8, 4) is 5.75 Å². The van der Waals surface area contributed by atoms with Crippen molar-refractivity contribution in [1.82, 2.24) is 0 Å². The normalized spacial score (nSPS) is 13.6. The number of ether oxygens (including phenoxy) is 2. The largest absolute Gasteiger partial charge is 0.494 e. The highest BCUT2D eigenvalue weighted by atomic mass is 35.5. The van der Waals surface area contributed by atoms with E-state index in [1.54, 1.807) is 14.0 Å². The SMILES string of the molecule is CCOc1ccc(Cc2cc([C@H](OC)[C@@H](C)O)ccc2Cl)cc1. The molecule has 0 saturated carbocycles. The molecule has 0 bridgehead atoms. The van der Waals surface area contributed by atoms with Crippen molar-refractivity contribution in [1.29, 1.82) is 0 Å². The zero-order chi connectivity index (χ0) is 16.8. The lowest BCUT2D eigenvalue weighted by Gasteiger charge is -2.20. The monoisotopic (exact) mass is 334 g/mol. The number of hydrogen-bond acceptors (Lipinski definition) is 3. The van der Waals surface area contributed by atoms with Crippen LogP contribution in [0.25, 0.3) is 0 Å². The summed E-state index contributed by atoms with van der Waals surface area (Å²) in [6, 6.07) is 13.8. The summed E-state index contributed by atoms with van der Waals surface area (Å²) in [4.78, 5) is 0. The van der Waals surface area contributed by atoms with Gasteiger partial charge < -0.3 is 14.6 Å². The molecular formula is C19H23ClO3. The minimum Gasteiger partial charge on any atom is -0.494 e. The first kappa shape index (κ1) is 17.8. The molecule has 0 fully saturated rings. The van der Waals surface area contributed by atoms with Gasteiger partial charge in [0.2, 0.25) is 0 Å². The summed E-state index contributed by atoms with van der Waals surface area (Å²) >= 11 is 6.33. The molecule has 0 heterocycles. The number of aliphatic hydroxyl groups is 1. The van der Waals surface area contributed by atoms with Crippen molar-refractivity contribution in [2.45, 2.75) is 32.5 Å². The fourth-order valence-electron chi connectivity index (χ4n) is 2.61. The Morgan fingerprint density at radius 3 is 2.39 bits per heavy atom. The Bertz CT molecular complexity index is 623. The Morgan fingerprint density at radius 2 is 1.83 bits per heavy atom. The van der Waals surface area contributed by atoms with Gasteiger partial charge in [0.1, 0.15) is 11.9 Å². The first-order valence-corrected chi connectivity index (χ1v) is 8.13.